The molecule has 0 saturated carbocycles. The number of nitrogens with zero attached hydrogens (tertiary/aromatic N) is 7. The molecule has 5 aromatic rings. The van der Waals surface area contributed by atoms with Gasteiger partial charge >= 0.3 is 4.87 Å². The van der Waals surface area contributed by atoms with Gasteiger partial charge in [0, 0.05) is 45.3 Å². The highest BCUT2D eigenvalue weighted by Crippen LogP contribution is 2.27. The van der Waals surface area contributed by atoms with Crippen molar-refractivity contribution in [1.82, 2.24) is 29.0 Å². The van der Waals surface area contributed by atoms with E-state index in [0.29, 0.717) is 65.2 Å². The summed E-state index contributed by atoms with van der Waals surface area (Å²) in [5.74, 6) is 3.44. The van der Waals surface area contributed by atoms with Gasteiger partial charge < -0.3 is 19.8 Å². The number of piperazine rings is 1. The molecule has 0 bridgehead atoms. The average Bonchev–Trinajstić information content (AvgIpc) is 3.66. The van der Waals surface area contributed by atoms with Gasteiger partial charge in [-0.2, -0.15) is 9.50 Å². The fourth-order valence-electron chi connectivity index (χ4n) is 4.55. The molecule has 194 valence electrons. The molecule has 1 fully saturated rings. The van der Waals surface area contributed by atoms with Crippen molar-refractivity contribution in [2.45, 2.75) is 6.54 Å². The Morgan fingerprint density at radius 2 is 2.00 bits per heavy atom. The van der Waals surface area contributed by atoms with Crippen LogP contribution in [-0.2, 0) is 6.54 Å². The van der Waals surface area contributed by atoms with Crippen LogP contribution in [0.2, 0.25) is 0 Å². The largest absolute Gasteiger partial charge is 0.481 e. The molecule has 0 atom stereocenters. The van der Waals surface area contributed by atoms with Gasteiger partial charge in [-0.25, -0.2) is 9.37 Å². The van der Waals surface area contributed by atoms with Crippen LogP contribution in [0.4, 0.5) is 16.0 Å². The zero-order chi connectivity index (χ0) is 26.2. The van der Waals surface area contributed by atoms with Crippen molar-refractivity contribution in [3.63, 3.8) is 0 Å². The standard InChI is InChI=1S/C25H23FN8O3S/c1-2-13-36-16-5-6-18(17(26)15-16)32-10-7-31(8-11-32)9-12-33-22-20(38-25(33)35)23-28-21(19-4-3-14-37-19)30-34(23)24(27)29-22/h1,3-6,14-15H,7-13H2,(H2,27,29). The summed E-state index contributed by atoms with van der Waals surface area (Å²) in [5.41, 5.74) is 7.64. The average molecular weight is 535 g/mol. The van der Waals surface area contributed by atoms with Gasteiger partial charge in [0.25, 0.3) is 0 Å². The highest BCUT2D eigenvalue weighted by molar-refractivity contribution is 7.17. The minimum atomic E-state index is -0.345. The fourth-order valence-corrected chi connectivity index (χ4v) is 5.48. The van der Waals surface area contributed by atoms with E-state index in [-0.39, 0.29) is 23.2 Å². The van der Waals surface area contributed by atoms with Gasteiger partial charge in [-0.05, 0) is 24.3 Å². The van der Waals surface area contributed by atoms with Crippen LogP contribution in [0.1, 0.15) is 0 Å². The number of terminal acetylenes is 1. The molecule has 13 heteroatoms. The Kier molecular flexibility index (Phi) is 6.18. The second-order valence-corrected chi connectivity index (χ2v) is 9.69. The molecule has 6 rings (SSSR count). The van der Waals surface area contributed by atoms with Gasteiger partial charge in [-0.3, -0.25) is 14.3 Å². The van der Waals surface area contributed by atoms with Gasteiger partial charge in [-0.15, -0.1) is 11.5 Å². The summed E-state index contributed by atoms with van der Waals surface area (Å²) in [7, 11) is 0. The van der Waals surface area contributed by atoms with Crippen LogP contribution < -0.4 is 20.2 Å². The van der Waals surface area contributed by atoms with Crippen molar-refractivity contribution in [2.75, 3.05) is 50.0 Å². The predicted molar refractivity (Wildman–Crippen MR) is 142 cm³/mol. The van der Waals surface area contributed by atoms with Gasteiger partial charge in [0.15, 0.2) is 17.1 Å². The zero-order valence-electron chi connectivity index (χ0n) is 20.2. The lowest BCUT2D eigenvalue weighted by molar-refractivity contribution is 0.248. The Hall–Kier alpha value is -4.41. The number of thiazole rings is 1. The number of nitrogens with two attached hydrogens (primary N) is 1. The third-order valence-corrected chi connectivity index (χ3v) is 7.42. The Morgan fingerprint density at radius 3 is 2.74 bits per heavy atom. The lowest BCUT2D eigenvalue weighted by Gasteiger charge is -2.36. The molecule has 11 nitrogen and oxygen atoms in total. The van der Waals surface area contributed by atoms with Crippen LogP contribution in [-0.4, -0.2) is 68.4 Å². The van der Waals surface area contributed by atoms with Crippen molar-refractivity contribution in [3.8, 4) is 29.7 Å². The Balaban J connectivity index is 1.15. The second kappa shape index (κ2) is 9.81. The molecular weight excluding hydrogens is 511 g/mol. The number of anilines is 2. The number of halogens is 1. The number of aromatic nitrogens is 5. The van der Waals surface area contributed by atoms with Crippen molar-refractivity contribution in [3.05, 3.63) is 52.1 Å². The van der Waals surface area contributed by atoms with E-state index in [4.69, 9.17) is 21.3 Å². The van der Waals surface area contributed by atoms with Gasteiger partial charge in [-0.1, -0.05) is 17.3 Å². The predicted octanol–water partition coefficient (Wildman–Crippen LogP) is 2.32. The van der Waals surface area contributed by atoms with E-state index in [2.05, 4.69) is 25.9 Å². The maximum Gasteiger partial charge on any atom is 0.309 e. The van der Waals surface area contributed by atoms with Crippen LogP contribution in [0, 0.1) is 18.2 Å². The number of hydrogen-bond donors (Lipinski definition) is 1. The van der Waals surface area contributed by atoms with E-state index in [9.17, 15) is 9.18 Å². The highest BCUT2D eigenvalue weighted by atomic mass is 32.1. The Labute approximate surface area is 219 Å². The minimum Gasteiger partial charge on any atom is -0.481 e. The third kappa shape index (κ3) is 4.33. The maximum atomic E-state index is 14.7. The van der Waals surface area contributed by atoms with E-state index in [1.54, 1.807) is 28.8 Å². The lowest BCUT2D eigenvalue weighted by Crippen LogP contribution is -2.47. The first-order chi connectivity index (χ1) is 18.5. The van der Waals surface area contributed by atoms with E-state index in [1.165, 1.54) is 16.8 Å². The molecule has 2 N–H and O–H groups in total. The molecule has 1 aliphatic rings. The molecule has 0 unspecified atom stereocenters. The van der Waals surface area contributed by atoms with E-state index in [1.807, 2.05) is 4.90 Å². The number of rotatable bonds is 7. The summed E-state index contributed by atoms with van der Waals surface area (Å²) in [6, 6.07) is 8.29. The number of hydrogen-bond acceptors (Lipinski definition) is 10. The third-order valence-electron chi connectivity index (χ3n) is 6.45. The lowest BCUT2D eigenvalue weighted by atomic mass is 10.2. The summed E-state index contributed by atoms with van der Waals surface area (Å²) in [6.07, 6.45) is 6.73. The molecule has 38 heavy (non-hydrogen) atoms. The molecule has 0 radical (unpaired) electrons. The molecule has 5 heterocycles. The Bertz CT molecular complexity index is 1710. The van der Waals surface area contributed by atoms with Crippen molar-refractivity contribution in [1.29, 1.82) is 0 Å². The summed E-state index contributed by atoms with van der Waals surface area (Å²) in [5, 5.41) is 4.38. The molecule has 0 aliphatic carbocycles. The summed E-state index contributed by atoms with van der Waals surface area (Å²) < 4.78 is 29.0. The summed E-state index contributed by atoms with van der Waals surface area (Å²) in [4.78, 5) is 26.0. The van der Waals surface area contributed by atoms with Crippen molar-refractivity contribution >= 4 is 39.0 Å². The van der Waals surface area contributed by atoms with Gasteiger partial charge in [0.2, 0.25) is 11.8 Å². The Morgan fingerprint density at radius 1 is 1.16 bits per heavy atom. The topological polar surface area (TPSA) is 120 Å². The second-order valence-electron chi connectivity index (χ2n) is 8.73. The number of benzene rings is 1. The molecule has 1 aromatic carbocycles. The first-order valence-corrected chi connectivity index (χ1v) is 12.8. The monoisotopic (exact) mass is 534 g/mol. The van der Waals surface area contributed by atoms with Crippen LogP contribution in [0.25, 0.3) is 27.6 Å². The van der Waals surface area contributed by atoms with Gasteiger partial charge in [0.05, 0.1) is 12.0 Å². The smallest absolute Gasteiger partial charge is 0.309 e. The van der Waals surface area contributed by atoms with Crippen LogP contribution in [0.3, 0.4) is 0 Å². The first kappa shape index (κ1) is 24.0. The number of ether oxygens (including phenoxy) is 1. The number of furan rings is 1. The molecule has 0 amide bonds. The minimum absolute atomic E-state index is 0.0952. The number of fused-ring (bicyclic) bond motifs is 3. The van der Waals surface area contributed by atoms with Crippen LogP contribution in [0.5, 0.6) is 5.75 Å². The van der Waals surface area contributed by atoms with Crippen molar-refractivity contribution in [2.24, 2.45) is 0 Å². The molecular formula is C25H23FN8O3S. The molecule has 4 aromatic heterocycles. The van der Waals surface area contributed by atoms with Crippen LogP contribution in [0.15, 0.2) is 45.8 Å². The summed E-state index contributed by atoms with van der Waals surface area (Å²) in [6.45, 7) is 3.93. The van der Waals surface area contributed by atoms with E-state index < -0.39 is 0 Å². The molecule has 1 aliphatic heterocycles. The van der Waals surface area contributed by atoms with Gasteiger partial charge in [0.1, 0.15) is 22.9 Å². The molecule has 0 spiro atoms. The summed E-state index contributed by atoms with van der Waals surface area (Å²) >= 11 is 1.07. The first-order valence-electron chi connectivity index (χ1n) is 11.9. The number of nitrogen functional groups attached to an aromatic ring is 1. The van der Waals surface area contributed by atoms with E-state index >= 15 is 0 Å². The zero-order valence-corrected chi connectivity index (χ0v) is 21.0. The SMILES string of the molecule is C#CCOc1ccc(N2CCN(CCn3c(=O)sc4c3nc(N)n3nc(-c5ccco5)nc43)CC2)c(F)c1. The normalized spacial score (nSPS) is 14.4. The fraction of sp³-hybridized carbons (Fsp3) is 0.280. The van der Waals surface area contributed by atoms with Crippen molar-refractivity contribution < 1.29 is 13.5 Å². The molecule has 1 saturated heterocycles. The highest BCUT2D eigenvalue weighted by Gasteiger charge is 2.22. The maximum absolute atomic E-state index is 14.7. The quantitative estimate of drug-likeness (QED) is 0.314. The van der Waals surface area contributed by atoms with E-state index in [0.717, 1.165) is 24.4 Å². The van der Waals surface area contributed by atoms with Crippen LogP contribution >= 0.6 is 11.3 Å².